The van der Waals surface area contributed by atoms with Crippen LogP contribution in [0.25, 0.3) is 0 Å². The van der Waals surface area contributed by atoms with E-state index in [0.717, 1.165) is 24.9 Å². The fourth-order valence-corrected chi connectivity index (χ4v) is 1.97. The van der Waals surface area contributed by atoms with Gasteiger partial charge in [-0.2, -0.15) is 0 Å². The number of aryl methyl sites for hydroxylation is 1. The maximum Gasteiger partial charge on any atom is 0.222 e. The van der Waals surface area contributed by atoms with Crippen molar-refractivity contribution in [2.24, 2.45) is 5.73 Å². The minimum atomic E-state index is 0.153. The van der Waals surface area contributed by atoms with Crippen molar-refractivity contribution in [3.8, 4) is 11.5 Å². The fraction of sp³-hybridized carbons (Fsp3) is 0.333. The van der Waals surface area contributed by atoms with E-state index in [1.54, 1.807) is 24.5 Å². The summed E-state index contributed by atoms with van der Waals surface area (Å²) in [6.45, 7) is 1.55. The highest BCUT2D eigenvalue weighted by molar-refractivity contribution is 5.45. The Balaban J connectivity index is 1.86. The fourth-order valence-electron chi connectivity index (χ4n) is 1.97. The molecule has 6 nitrogen and oxygen atoms in total. The quantitative estimate of drug-likeness (QED) is 0.638. The molecule has 0 saturated carbocycles. The maximum atomic E-state index is 9.85. The molecule has 112 valence electrons. The van der Waals surface area contributed by atoms with E-state index in [4.69, 9.17) is 10.5 Å². The van der Waals surface area contributed by atoms with E-state index >= 15 is 0 Å². The van der Waals surface area contributed by atoms with E-state index < -0.39 is 0 Å². The highest BCUT2D eigenvalue weighted by Gasteiger charge is 2.08. The number of anilines is 1. The molecule has 0 aliphatic heterocycles. The van der Waals surface area contributed by atoms with E-state index in [-0.39, 0.29) is 5.75 Å². The molecule has 0 atom stereocenters. The topological polar surface area (TPSA) is 93.3 Å². The van der Waals surface area contributed by atoms with Crippen molar-refractivity contribution in [1.82, 2.24) is 9.97 Å². The highest BCUT2D eigenvalue weighted by Crippen LogP contribution is 2.30. The zero-order valence-electron chi connectivity index (χ0n) is 11.8. The molecule has 0 unspecified atom stereocenters. The Morgan fingerprint density at radius 3 is 2.76 bits per heavy atom. The van der Waals surface area contributed by atoms with Crippen LogP contribution in [0.3, 0.4) is 0 Å². The van der Waals surface area contributed by atoms with Crippen molar-refractivity contribution < 1.29 is 9.84 Å². The van der Waals surface area contributed by atoms with E-state index in [1.807, 2.05) is 12.1 Å². The number of para-hydroxylation sites is 1. The van der Waals surface area contributed by atoms with Crippen LogP contribution < -0.4 is 15.8 Å². The van der Waals surface area contributed by atoms with Gasteiger partial charge in [-0.3, -0.25) is 0 Å². The van der Waals surface area contributed by atoms with Gasteiger partial charge in [0.25, 0.3) is 0 Å². The number of nitrogens with two attached hydrogens (primary N) is 1. The summed E-state index contributed by atoms with van der Waals surface area (Å²) < 4.78 is 5.51. The Morgan fingerprint density at radius 1 is 1.19 bits per heavy atom. The zero-order chi connectivity index (χ0) is 14.9. The third kappa shape index (κ3) is 4.61. The van der Waals surface area contributed by atoms with Gasteiger partial charge in [-0.05, 0) is 30.5 Å². The lowest BCUT2D eigenvalue weighted by Gasteiger charge is -2.12. The third-order valence-corrected chi connectivity index (χ3v) is 2.91. The number of nitrogens with zero attached hydrogens (tertiary/aromatic N) is 2. The first-order valence-electron chi connectivity index (χ1n) is 6.96. The minimum absolute atomic E-state index is 0.153. The summed E-state index contributed by atoms with van der Waals surface area (Å²) in [5.74, 6) is 1.30. The van der Waals surface area contributed by atoms with Crippen molar-refractivity contribution in [1.29, 1.82) is 0 Å². The number of nitrogens with one attached hydrogen (secondary N) is 1. The summed E-state index contributed by atoms with van der Waals surface area (Å²) in [6, 6.07) is 7.16. The Kier molecular flexibility index (Phi) is 5.78. The predicted molar refractivity (Wildman–Crippen MR) is 81.5 cm³/mol. The van der Waals surface area contributed by atoms with E-state index in [0.29, 0.717) is 24.8 Å². The number of benzene rings is 1. The van der Waals surface area contributed by atoms with Crippen LogP contribution in [-0.4, -0.2) is 34.8 Å². The number of ether oxygens (including phenoxy) is 1. The van der Waals surface area contributed by atoms with Gasteiger partial charge in [0, 0.05) is 25.5 Å². The van der Waals surface area contributed by atoms with Gasteiger partial charge in [-0.25, -0.2) is 9.97 Å². The molecule has 0 radical (unpaired) electrons. The molecule has 0 saturated heterocycles. The Hall–Kier alpha value is -2.34. The van der Waals surface area contributed by atoms with Gasteiger partial charge in [0.15, 0.2) is 11.5 Å². The molecule has 1 aromatic carbocycles. The molecule has 0 fully saturated rings. The molecule has 0 aliphatic rings. The SMILES string of the molecule is NCCOc1c(O)cccc1CCCNc1ncccn1. The monoisotopic (exact) mass is 288 g/mol. The van der Waals surface area contributed by atoms with E-state index in [2.05, 4.69) is 15.3 Å². The maximum absolute atomic E-state index is 9.85. The lowest BCUT2D eigenvalue weighted by molar-refractivity contribution is 0.305. The van der Waals surface area contributed by atoms with Crippen LogP contribution in [0.1, 0.15) is 12.0 Å². The summed E-state index contributed by atoms with van der Waals surface area (Å²) in [6.07, 6.45) is 5.06. The van der Waals surface area contributed by atoms with Gasteiger partial charge in [0.05, 0.1) is 0 Å². The van der Waals surface area contributed by atoms with Gasteiger partial charge in [-0.1, -0.05) is 12.1 Å². The smallest absolute Gasteiger partial charge is 0.222 e. The first kappa shape index (κ1) is 15.1. The lowest BCUT2D eigenvalue weighted by Crippen LogP contribution is -2.12. The van der Waals surface area contributed by atoms with Crippen LogP contribution >= 0.6 is 0 Å². The van der Waals surface area contributed by atoms with Gasteiger partial charge < -0.3 is 20.9 Å². The molecule has 1 heterocycles. The van der Waals surface area contributed by atoms with Crippen LogP contribution in [0, 0.1) is 0 Å². The van der Waals surface area contributed by atoms with Gasteiger partial charge in [-0.15, -0.1) is 0 Å². The average Bonchev–Trinajstić information content (AvgIpc) is 2.52. The number of phenols is 1. The molecule has 21 heavy (non-hydrogen) atoms. The molecular formula is C15H20N4O2. The van der Waals surface area contributed by atoms with E-state index in [9.17, 15) is 5.11 Å². The average molecular weight is 288 g/mol. The van der Waals surface area contributed by atoms with Crippen LogP contribution in [0.2, 0.25) is 0 Å². The Labute approximate surface area is 124 Å². The van der Waals surface area contributed by atoms with Crippen molar-refractivity contribution in [2.45, 2.75) is 12.8 Å². The first-order valence-corrected chi connectivity index (χ1v) is 6.96. The predicted octanol–water partition coefficient (Wildman–Crippen LogP) is 1.56. The van der Waals surface area contributed by atoms with Crippen LogP contribution in [-0.2, 0) is 6.42 Å². The molecule has 0 aliphatic carbocycles. The number of aromatic hydroxyl groups is 1. The second kappa shape index (κ2) is 8.06. The van der Waals surface area contributed by atoms with Crippen LogP contribution in [0.4, 0.5) is 5.95 Å². The molecular weight excluding hydrogens is 268 g/mol. The molecule has 1 aromatic heterocycles. The summed E-state index contributed by atoms with van der Waals surface area (Å²) >= 11 is 0. The molecule has 6 heteroatoms. The third-order valence-electron chi connectivity index (χ3n) is 2.91. The second-order valence-electron chi connectivity index (χ2n) is 4.51. The number of hydrogen-bond acceptors (Lipinski definition) is 6. The molecule has 0 amide bonds. The summed E-state index contributed by atoms with van der Waals surface area (Å²) in [4.78, 5) is 8.19. The summed E-state index contributed by atoms with van der Waals surface area (Å²) in [7, 11) is 0. The summed E-state index contributed by atoms with van der Waals surface area (Å²) in [5.41, 5.74) is 6.40. The molecule has 2 aromatic rings. The van der Waals surface area contributed by atoms with Crippen molar-refractivity contribution >= 4 is 5.95 Å². The van der Waals surface area contributed by atoms with Gasteiger partial charge >= 0.3 is 0 Å². The molecule has 0 spiro atoms. The van der Waals surface area contributed by atoms with Crippen molar-refractivity contribution in [2.75, 3.05) is 25.0 Å². The number of aromatic nitrogens is 2. The normalized spacial score (nSPS) is 10.3. The molecule has 4 N–H and O–H groups in total. The zero-order valence-corrected chi connectivity index (χ0v) is 11.8. The number of phenolic OH excluding ortho intramolecular Hbond substituents is 1. The van der Waals surface area contributed by atoms with Crippen LogP contribution in [0.15, 0.2) is 36.7 Å². The van der Waals surface area contributed by atoms with Crippen molar-refractivity contribution in [3.05, 3.63) is 42.2 Å². The van der Waals surface area contributed by atoms with E-state index in [1.165, 1.54) is 0 Å². The number of hydrogen-bond donors (Lipinski definition) is 3. The Bertz CT molecular complexity index is 549. The van der Waals surface area contributed by atoms with Crippen LogP contribution in [0.5, 0.6) is 11.5 Å². The lowest BCUT2D eigenvalue weighted by atomic mass is 10.1. The molecule has 2 rings (SSSR count). The second-order valence-corrected chi connectivity index (χ2v) is 4.51. The number of rotatable bonds is 8. The molecule has 0 bridgehead atoms. The Morgan fingerprint density at radius 2 is 2.00 bits per heavy atom. The summed E-state index contributed by atoms with van der Waals surface area (Å²) in [5, 5.41) is 13.0. The first-order chi connectivity index (χ1) is 10.3. The standard InChI is InChI=1S/C15H20N4O2/c16-7-11-21-14-12(4-1-6-13(14)20)5-2-8-17-15-18-9-3-10-19-15/h1,3-4,6,9-10,20H,2,5,7-8,11,16H2,(H,17,18,19). The largest absolute Gasteiger partial charge is 0.504 e. The highest BCUT2D eigenvalue weighted by atomic mass is 16.5. The van der Waals surface area contributed by atoms with Gasteiger partial charge in [0.1, 0.15) is 6.61 Å². The van der Waals surface area contributed by atoms with Crippen molar-refractivity contribution in [3.63, 3.8) is 0 Å². The minimum Gasteiger partial charge on any atom is -0.504 e. The van der Waals surface area contributed by atoms with Gasteiger partial charge in [0.2, 0.25) is 5.95 Å².